The molecule has 0 saturated carbocycles. The lowest BCUT2D eigenvalue weighted by molar-refractivity contribution is 0.681. The Morgan fingerprint density at radius 3 is 3.12 bits per heavy atom. The summed E-state index contributed by atoms with van der Waals surface area (Å²) in [6.45, 7) is 1.67. The standard InChI is InChI=1S/C13H14N4/c14-7-11-2-1-3-12(6-11)8-15-5-4-13-9-16-10-17-13/h1-3,6,9-10,15H,4-5,8H2,(H,16,17). The number of nitrogens with one attached hydrogen (secondary N) is 2. The van der Waals surface area contributed by atoms with Crippen LogP contribution >= 0.6 is 0 Å². The molecule has 2 N–H and O–H groups in total. The van der Waals surface area contributed by atoms with Crippen LogP contribution in [0, 0.1) is 11.3 Å². The topological polar surface area (TPSA) is 64.5 Å². The van der Waals surface area contributed by atoms with Crippen LogP contribution in [0.1, 0.15) is 16.8 Å². The molecule has 0 atom stereocenters. The number of hydrogen-bond donors (Lipinski definition) is 2. The highest BCUT2D eigenvalue weighted by Crippen LogP contribution is 2.03. The van der Waals surface area contributed by atoms with Gasteiger partial charge in [0.25, 0.3) is 0 Å². The van der Waals surface area contributed by atoms with E-state index < -0.39 is 0 Å². The maximum atomic E-state index is 8.78. The summed E-state index contributed by atoms with van der Waals surface area (Å²) in [6.07, 6.45) is 4.45. The zero-order valence-electron chi connectivity index (χ0n) is 9.48. The molecule has 1 aromatic heterocycles. The third-order valence-electron chi connectivity index (χ3n) is 2.51. The molecule has 0 amide bonds. The van der Waals surface area contributed by atoms with Gasteiger partial charge in [-0.15, -0.1) is 0 Å². The van der Waals surface area contributed by atoms with E-state index >= 15 is 0 Å². The van der Waals surface area contributed by atoms with E-state index in [0.29, 0.717) is 5.56 Å². The Kier molecular flexibility index (Phi) is 3.90. The number of nitrogens with zero attached hydrogens (tertiary/aromatic N) is 2. The molecule has 0 bridgehead atoms. The molecular formula is C13H14N4. The van der Waals surface area contributed by atoms with Crippen LogP contribution in [0.2, 0.25) is 0 Å². The Bertz CT molecular complexity index is 496. The van der Waals surface area contributed by atoms with Crippen molar-refractivity contribution in [3.05, 3.63) is 53.6 Å². The number of hydrogen-bond acceptors (Lipinski definition) is 3. The van der Waals surface area contributed by atoms with Crippen molar-refractivity contribution < 1.29 is 0 Å². The molecule has 86 valence electrons. The minimum absolute atomic E-state index is 0.706. The molecule has 2 rings (SSSR count). The Balaban J connectivity index is 1.76. The van der Waals surface area contributed by atoms with Gasteiger partial charge in [0.15, 0.2) is 0 Å². The van der Waals surface area contributed by atoms with Gasteiger partial charge in [0.1, 0.15) is 0 Å². The van der Waals surface area contributed by atoms with Gasteiger partial charge in [-0.2, -0.15) is 5.26 Å². The Morgan fingerprint density at radius 2 is 2.35 bits per heavy atom. The lowest BCUT2D eigenvalue weighted by Crippen LogP contribution is -2.16. The molecule has 0 fully saturated rings. The molecule has 17 heavy (non-hydrogen) atoms. The second-order valence-corrected chi connectivity index (χ2v) is 3.82. The van der Waals surface area contributed by atoms with Crippen molar-refractivity contribution in [3.63, 3.8) is 0 Å². The SMILES string of the molecule is N#Cc1cccc(CNCCc2cnc[nH]2)c1. The van der Waals surface area contributed by atoms with Gasteiger partial charge >= 0.3 is 0 Å². The van der Waals surface area contributed by atoms with Crippen molar-refractivity contribution in [3.8, 4) is 6.07 Å². The van der Waals surface area contributed by atoms with Crippen LogP contribution in [-0.4, -0.2) is 16.5 Å². The van der Waals surface area contributed by atoms with Crippen LogP contribution in [-0.2, 0) is 13.0 Å². The van der Waals surface area contributed by atoms with Gasteiger partial charge in [0, 0.05) is 31.4 Å². The van der Waals surface area contributed by atoms with Gasteiger partial charge in [-0.25, -0.2) is 4.98 Å². The van der Waals surface area contributed by atoms with Gasteiger partial charge in [0.05, 0.1) is 18.0 Å². The first-order valence-corrected chi connectivity index (χ1v) is 5.55. The van der Waals surface area contributed by atoms with Gasteiger partial charge in [0.2, 0.25) is 0 Å². The second kappa shape index (κ2) is 5.83. The molecule has 0 spiro atoms. The van der Waals surface area contributed by atoms with Crippen molar-refractivity contribution in [1.82, 2.24) is 15.3 Å². The van der Waals surface area contributed by atoms with E-state index in [9.17, 15) is 0 Å². The van der Waals surface area contributed by atoms with Crippen LogP contribution in [0.15, 0.2) is 36.8 Å². The van der Waals surface area contributed by atoms with Crippen molar-refractivity contribution in [2.24, 2.45) is 0 Å². The van der Waals surface area contributed by atoms with E-state index in [-0.39, 0.29) is 0 Å². The molecule has 0 aliphatic carbocycles. The number of rotatable bonds is 5. The number of aromatic nitrogens is 2. The first-order valence-electron chi connectivity index (χ1n) is 5.55. The zero-order chi connectivity index (χ0) is 11.9. The van der Waals surface area contributed by atoms with E-state index in [2.05, 4.69) is 21.4 Å². The molecule has 1 heterocycles. The van der Waals surface area contributed by atoms with Crippen LogP contribution < -0.4 is 5.32 Å². The number of imidazole rings is 1. The predicted molar refractivity (Wildman–Crippen MR) is 65.2 cm³/mol. The summed E-state index contributed by atoms with van der Waals surface area (Å²) in [6, 6.07) is 9.78. The Labute approximate surface area is 100 Å². The normalized spacial score (nSPS) is 10.1. The van der Waals surface area contributed by atoms with E-state index in [1.165, 1.54) is 0 Å². The largest absolute Gasteiger partial charge is 0.348 e. The lowest BCUT2D eigenvalue weighted by atomic mass is 10.1. The van der Waals surface area contributed by atoms with E-state index in [0.717, 1.165) is 30.8 Å². The lowest BCUT2D eigenvalue weighted by Gasteiger charge is -2.04. The van der Waals surface area contributed by atoms with Gasteiger partial charge in [-0.05, 0) is 17.7 Å². The van der Waals surface area contributed by atoms with Crippen LogP contribution in [0.3, 0.4) is 0 Å². The van der Waals surface area contributed by atoms with Crippen molar-refractivity contribution in [2.45, 2.75) is 13.0 Å². The molecule has 2 aromatic rings. The fraction of sp³-hybridized carbons (Fsp3) is 0.231. The Hall–Kier alpha value is -2.12. The fourth-order valence-electron chi connectivity index (χ4n) is 1.63. The third-order valence-corrected chi connectivity index (χ3v) is 2.51. The molecule has 0 radical (unpaired) electrons. The predicted octanol–water partition coefficient (Wildman–Crippen LogP) is 1.61. The molecule has 4 nitrogen and oxygen atoms in total. The third kappa shape index (κ3) is 3.44. The van der Waals surface area contributed by atoms with Gasteiger partial charge < -0.3 is 10.3 Å². The first kappa shape index (κ1) is 11.4. The molecule has 0 aliphatic heterocycles. The monoisotopic (exact) mass is 226 g/mol. The number of aromatic amines is 1. The summed E-state index contributed by atoms with van der Waals surface area (Å²) >= 11 is 0. The smallest absolute Gasteiger partial charge is 0.0991 e. The number of nitriles is 1. The average Bonchev–Trinajstić information content (AvgIpc) is 2.88. The van der Waals surface area contributed by atoms with E-state index in [1.54, 1.807) is 6.33 Å². The minimum atomic E-state index is 0.706. The highest BCUT2D eigenvalue weighted by molar-refractivity contribution is 5.32. The maximum absolute atomic E-state index is 8.78. The number of H-pyrrole nitrogens is 1. The van der Waals surface area contributed by atoms with Crippen LogP contribution in [0.5, 0.6) is 0 Å². The van der Waals surface area contributed by atoms with Gasteiger partial charge in [-0.3, -0.25) is 0 Å². The van der Waals surface area contributed by atoms with Crippen molar-refractivity contribution in [2.75, 3.05) is 6.54 Å². The zero-order valence-corrected chi connectivity index (χ0v) is 9.48. The quantitative estimate of drug-likeness (QED) is 0.761. The van der Waals surface area contributed by atoms with Crippen LogP contribution in [0.25, 0.3) is 0 Å². The highest BCUT2D eigenvalue weighted by atomic mass is 14.9. The molecule has 0 aliphatic rings. The first-order chi connectivity index (χ1) is 8.38. The minimum Gasteiger partial charge on any atom is -0.348 e. The van der Waals surface area contributed by atoms with Crippen molar-refractivity contribution in [1.29, 1.82) is 5.26 Å². The molecule has 0 saturated heterocycles. The number of benzene rings is 1. The Morgan fingerprint density at radius 1 is 1.41 bits per heavy atom. The summed E-state index contributed by atoms with van der Waals surface area (Å²) in [5.74, 6) is 0. The van der Waals surface area contributed by atoms with Gasteiger partial charge in [-0.1, -0.05) is 12.1 Å². The highest BCUT2D eigenvalue weighted by Gasteiger charge is 1.96. The molecule has 1 aromatic carbocycles. The summed E-state index contributed by atoms with van der Waals surface area (Å²) in [5.41, 5.74) is 2.97. The maximum Gasteiger partial charge on any atom is 0.0991 e. The molecule has 4 heteroatoms. The summed E-state index contributed by atoms with van der Waals surface area (Å²) in [4.78, 5) is 7.02. The van der Waals surface area contributed by atoms with E-state index in [4.69, 9.17) is 5.26 Å². The van der Waals surface area contributed by atoms with Crippen LogP contribution in [0.4, 0.5) is 0 Å². The van der Waals surface area contributed by atoms with E-state index in [1.807, 2.05) is 30.5 Å². The fourth-order valence-corrected chi connectivity index (χ4v) is 1.63. The molecular weight excluding hydrogens is 212 g/mol. The molecule has 0 unspecified atom stereocenters. The van der Waals surface area contributed by atoms with Crippen molar-refractivity contribution >= 4 is 0 Å². The average molecular weight is 226 g/mol. The summed E-state index contributed by atoms with van der Waals surface area (Å²) < 4.78 is 0. The summed E-state index contributed by atoms with van der Waals surface area (Å²) in [7, 11) is 0. The summed E-state index contributed by atoms with van der Waals surface area (Å²) in [5, 5.41) is 12.1. The second-order valence-electron chi connectivity index (χ2n) is 3.82.